The molecule has 1 amide bonds. The van der Waals surface area contributed by atoms with Crippen molar-refractivity contribution in [3.8, 4) is 11.8 Å². The maximum atomic E-state index is 12.1. The Morgan fingerprint density at radius 3 is 2.90 bits per heavy atom. The third-order valence-corrected chi connectivity index (χ3v) is 4.50. The number of thiazole rings is 1. The number of rotatable bonds is 3. The fourth-order valence-electron chi connectivity index (χ4n) is 1.62. The Labute approximate surface area is 125 Å². The van der Waals surface area contributed by atoms with E-state index in [1.54, 1.807) is 12.1 Å². The smallest absolute Gasteiger partial charge is 0.267 e. The van der Waals surface area contributed by atoms with Crippen LogP contribution in [0.5, 0.6) is 0 Å². The van der Waals surface area contributed by atoms with Gasteiger partial charge < -0.3 is 5.11 Å². The molecule has 104 valence electrons. The fraction of sp³-hybridized carbons (Fsp3) is 0.286. The van der Waals surface area contributed by atoms with E-state index in [0.717, 1.165) is 21.9 Å². The molecule has 0 saturated carbocycles. The molecule has 0 atom stereocenters. The van der Waals surface area contributed by atoms with Crippen LogP contribution in [0.15, 0.2) is 12.1 Å². The van der Waals surface area contributed by atoms with Gasteiger partial charge in [0.1, 0.15) is 6.61 Å². The van der Waals surface area contributed by atoms with Gasteiger partial charge in [-0.25, -0.2) is 4.98 Å². The summed E-state index contributed by atoms with van der Waals surface area (Å²) in [5, 5.41) is 12.1. The minimum atomic E-state index is -0.183. The average molecular weight is 306 g/mol. The lowest BCUT2D eigenvalue weighted by atomic mass is 10.3. The summed E-state index contributed by atoms with van der Waals surface area (Å²) in [7, 11) is 0. The first kappa shape index (κ1) is 14.7. The van der Waals surface area contributed by atoms with Gasteiger partial charge in [0, 0.05) is 4.88 Å². The predicted molar refractivity (Wildman–Crippen MR) is 82.5 cm³/mol. The van der Waals surface area contributed by atoms with Crippen LogP contribution in [-0.4, -0.2) is 22.6 Å². The summed E-state index contributed by atoms with van der Waals surface area (Å²) in [4.78, 5) is 18.9. The number of carbonyl (C=O) groups is 1. The number of anilines is 1. The lowest BCUT2D eigenvalue weighted by Crippen LogP contribution is -2.09. The zero-order valence-corrected chi connectivity index (χ0v) is 12.8. The van der Waals surface area contributed by atoms with E-state index in [1.807, 2.05) is 13.8 Å². The molecule has 0 spiro atoms. The van der Waals surface area contributed by atoms with Crippen molar-refractivity contribution in [2.75, 3.05) is 11.9 Å². The lowest BCUT2D eigenvalue weighted by molar-refractivity contribution is 0.103. The number of nitrogens with zero attached hydrogens (tertiary/aromatic N) is 1. The summed E-state index contributed by atoms with van der Waals surface area (Å²) in [5.41, 5.74) is 1.02. The van der Waals surface area contributed by atoms with E-state index < -0.39 is 0 Å². The third kappa shape index (κ3) is 3.45. The summed E-state index contributed by atoms with van der Waals surface area (Å²) in [6.07, 6.45) is 0.859. The van der Waals surface area contributed by atoms with E-state index in [0.29, 0.717) is 10.0 Å². The second kappa shape index (κ2) is 6.66. The van der Waals surface area contributed by atoms with Gasteiger partial charge in [0.05, 0.1) is 15.4 Å². The number of hydrogen-bond donors (Lipinski definition) is 2. The Bertz CT molecular complexity index is 677. The summed E-state index contributed by atoms with van der Waals surface area (Å²) in [5.74, 6) is 5.16. The SMILES string of the molecule is CCc1nc(NC(=O)c2ccc(C#CCO)s2)sc1C. The van der Waals surface area contributed by atoms with E-state index in [1.165, 1.54) is 22.7 Å². The van der Waals surface area contributed by atoms with E-state index in [-0.39, 0.29) is 12.5 Å². The third-order valence-electron chi connectivity index (χ3n) is 2.57. The Morgan fingerprint density at radius 1 is 1.45 bits per heavy atom. The zero-order chi connectivity index (χ0) is 14.5. The fourth-order valence-corrected chi connectivity index (χ4v) is 3.30. The topological polar surface area (TPSA) is 62.2 Å². The number of aryl methyl sites for hydroxylation is 2. The molecule has 2 heterocycles. The van der Waals surface area contributed by atoms with E-state index in [9.17, 15) is 4.79 Å². The van der Waals surface area contributed by atoms with E-state index >= 15 is 0 Å². The molecule has 2 aromatic heterocycles. The molecule has 0 aliphatic rings. The van der Waals surface area contributed by atoms with Crippen molar-refractivity contribution in [1.82, 2.24) is 4.98 Å². The van der Waals surface area contributed by atoms with Gasteiger partial charge in [0.25, 0.3) is 5.91 Å². The molecule has 2 rings (SSSR count). The van der Waals surface area contributed by atoms with Crippen molar-refractivity contribution in [2.24, 2.45) is 0 Å². The van der Waals surface area contributed by atoms with Crippen LogP contribution in [0.1, 0.15) is 32.0 Å². The monoisotopic (exact) mass is 306 g/mol. The van der Waals surface area contributed by atoms with Crippen molar-refractivity contribution in [1.29, 1.82) is 0 Å². The minimum Gasteiger partial charge on any atom is -0.384 e. The van der Waals surface area contributed by atoms with E-state index in [2.05, 4.69) is 22.1 Å². The molecular weight excluding hydrogens is 292 g/mol. The summed E-state index contributed by atoms with van der Waals surface area (Å²) in [6.45, 7) is 3.86. The number of aliphatic hydroxyl groups excluding tert-OH is 1. The Morgan fingerprint density at radius 2 is 2.25 bits per heavy atom. The van der Waals surface area contributed by atoms with Crippen LogP contribution in [-0.2, 0) is 6.42 Å². The average Bonchev–Trinajstić information content (AvgIpc) is 3.03. The van der Waals surface area contributed by atoms with Gasteiger partial charge in [-0.15, -0.1) is 22.7 Å². The summed E-state index contributed by atoms with van der Waals surface area (Å²) in [6, 6.07) is 3.50. The second-order valence-electron chi connectivity index (χ2n) is 3.95. The number of amides is 1. The molecular formula is C14H14N2O2S2. The van der Waals surface area contributed by atoms with Gasteiger partial charge in [-0.1, -0.05) is 18.8 Å². The van der Waals surface area contributed by atoms with Crippen LogP contribution in [0.25, 0.3) is 0 Å². The highest BCUT2D eigenvalue weighted by Crippen LogP contribution is 2.24. The molecule has 0 aliphatic heterocycles. The lowest BCUT2D eigenvalue weighted by Gasteiger charge is -1.97. The maximum Gasteiger partial charge on any atom is 0.267 e. The van der Waals surface area contributed by atoms with Gasteiger partial charge >= 0.3 is 0 Å². The minimum absolute atomic E-state index is 0.177. The standard InChI is InChI=1S/C14H14N2O2S2/c1-3-11-9(2)19-14(15-11)16-13(18)12-7-6-10(20-12)5-4-8-17/h6-7,17H,3,8H2,1-2H3,(H,15,16,18). The predicted octanol–water partition coefficient (Wildman–Crippen LogP) is 2.67. The first-order chi connectivity index (χ1) is 9.63. The van der Waals surface area contributed by atoms with Crippen LogP contribution in [0.4, 0.5) is 5.13 Å². The van der Waals surface area contributed by atoms with Crippen molar-refractivity contribution in [2.45, 2.75) is 20.3 Å². The first-order valence-corrected chi connectivity index (χ1v) is 7.74. The van der Waals surface area contributed by atoms with Crippen LogP contribution in [0, 0.1) is 18.8 Å². The summed E-state index contributed by atoms with van der Waals surface area (Å²) >= 11 is 2.78. The van der Waals surface area contributed by atoms with Crippen LogP contribution < -0.4 is 5.32 Å². The number of thiophene rings is 1. The molecule has 0 aliphatic carbocycles. The summed E-state index contributed by atoms with van der Waals surface area (Å²) < 4.78 is 0. The van der Waals surface area contributed by atoms with Gasteiger partial charge in [0.15, 0.2) is 5.13 Å². The number of aliphatic hydroxyl groups is 1. The Hall–Kier alpha value is -1.68. The second-order valence-corrected chi connectivity index (χ2v) is 6.24. The number of hydrogen-bond acceptors (Lipinski definition) is 5. The van der Waals surface area contributed by atoms with Gasteiger partial charge in [-0.05, 0) is 25.5 Å². The zero-order valence-electron chi connectivity index (χ0n) is 11.2. The van der Waals surface area contributed by atoms with Crippen LogP contribution in [0.2, 0.25) is 0 Å². The van der Waals surface area contributed by atoms with Gasteiger partial charge in [-0.3, -0.25) is 10.1 Å². The van der Waals surface area contributed by atoms with Gasteiger partial charge in [-0.2, -0.15) is 0 Å². The first-order valence-electron chi connectivity index (χ1n) is 6.11. The van der Waals surface area contributed by atoms with Crippen LogP contribution >= 0.6 is 22.7 Å². The molecule has 0 fully saturated rings. The molecule has 0 bridgehead atoms. The highest BCUT2D eigenvalue weighted by atomic mass is 32.1. The highest BCUT2D eigenvalue weighted by Gasteiger charge is 2.12. The molecule has 0 radical (unpaired) electrons. The van der Waals surface area contributed by atoms with Crippen molar-refractivity contribution >= 4 is 33.7 Å². The number of aromatic nitrogens is 1. The highest BCUT2D eigenvalue weighted by molar-refractivity contribution is 7.16. The van der Waals surface area contributed by atoms with E-state index in [4.69, 9.17) is 5.11 Å². The Kier molecular flexibility index (Phi) is 4.90. The molecule has 0 saturated heterocycles. The normalized spacial score (nSPS) is 9.95. The molecule has 2 aromatic rings. The number of nitrogens with one attached hydrogen (secondary N) is 1. The van der Waals surface area contributed by atoms with Crippen molar-refractivity contribution in [3.63, 3.8) is 0 Å². The van der Waals surface area contributed by atoms with Crippen molar-refractivity contribution < 1.29 is 9.90 Å². The molecule has 6 heteroatoms. The van der Waals surface area contributed by atoms with Crippen molar-refractivity contribution in [3.05, 3.63) is 32.5 Å². The molecule has 0 aromatic carbocycles. The molecule has 4 nitrogen and oxygen atoms in total. The number of carbonyl (C=O) groups excluding carboxylic acids is 1. The molecule has 20 heavy (non-hydrogen) atoms. The van der Waals surface area contributed by atoms with Crippen LogP contribution in [0.3, 0.4) is 0 Å². The largest absolute Gasteiger partial charge is 0.384 e. The molecule has 2 N–H and O–H groups in total. The Balaban J connectivity index is 2.09. The maximum absolute atomic E-state index is 12.1. The van der Waals surface area contributed by atoms with Gasteiger partial charge in [0.2, 0.25) is 0 Å². The molecule has 0 unspecified atom stereocenters. The quantitative estimate of drug-likeness (QED) is 0.857.